The van der Waals surface area contributed by atoms with Gasteiger partial charge >= 0.3 is 0 Å². The zero-order valence-electron chi connectivity index (χ0n) is 11.5. The lowest BCUT2D eigenvalue weighted by atomic mass is 10.4. The highest BCUT2D eigenvalue weighted by Gasteiger charge is 2.16. The van der Waals surface area contributed by atoms with Gasteiger partial charge in [-0.2, -0.15) is 0 Å². The molecule has 0 spiro atoms. The average molecular weight is 372 g/mol. The topological polar surface area (TPSA) is 43.1 Å². The Kier molecular flexibility index (Phi) is 4.68. The third-order valence-electron chi connectivity index (χ3n) is 3.05. The van der Waals surface area contributed by atoms with E-state index >= 15 is 0 Å². The van der Waals surface area contributed by atoms with Crippen LogP contribution in [0.5, 0.6) is 0 Å². The van der Waals surface area contributed by atoms with Crippen molar-refractivity contribution < 1.29 is 8.63 Å². The number of halogens is 2. The molecule has 0 saturated carbocycles. The highest BCUT2D eigenvalue weighted by Crippen LogP contribution is 2.28. The van der Waals surface area contributed by atoms with Crippen LogP contribution in [0.15, 0.2) is 45.0 Å². The maximum absolute atomic E-state index is 12.5. The first-order valence-corrected chi connectivity index (χ1v) is 9.33. The third-order valence-corrected chi connectivity index (χ3v) is 5.96. The number of oxazole rings is 1. The molecule has 0 aliphatic carbocycles. The minimum atomic E-state index is -1.26. The minimum absolute atomic E-state index is 0.276. The summed E-state index contributed by atoms with van der Waals surface area (Å²) in [6.45, 7) is 1.82. The molecule has 0 aliphatic heterocycles. The lowest BCUT2D eigenvalue weighted by Crippen LogP contribution is -1.98. The number of hydrogen-bond donors (Lipinski definition) is 0. The van der Waals surface area contributed by atoms with Gasteiger partial charge < -0.3 is 4.42 Å². The molecule has 1 aromatic carbocycles. The summed E-state index contributed by atoms with van der Waals surface area (Å²) in [6.07, 6.45) is 0. The summed E-state index contributed by atoms with van der Waals surface area (Å²) in [5.41, 5.74) is 0.688. The molecule has 1 atom stereocenters. The Bertz CT molecular complexity index is 828. The summed E-state index contributed by atoms with van der Waals surface area (Å²) in [5, 5.41) is 2.80. The van der Waals surface area contributed by atoms with Crippen LogP contribution in [0.2, 0.25) is 10.0 Å². The molecule has 3 rings (SSSR count). The van der Waals surface area contributed by atoms with Crippen molar-refractivity contribution in [3.8, 4) is 10.8 Å². The first-order chi connectivity index (χ1) is 10.5. The van der Waals surface area contributed by atoms with E-state index < -0.39 is 10.8 Å². The van der Waals surface area contributed by atoms with Crippen molar-refractivity contribution in [2.45, 2.75) is 17.6 Å². The molecular formula is C15H11Cl2NO2S2. The van der Waals surface area contributed by atoms with Gasteiger partial charge in [0, 0.05) is 4.90 Å². The monoisotopic (exact) mass is 371 g/mol. The Morgan fingerprint density at radius 2 is 2.09 bits per heavy atom. The highest BCUT2D eigenvalue weighted by molar-refractivity contribution is 7.84. The average Bonchev–Trinajstić information content (AvgIpc) is 3.12. The maximum atomic E-state index is 12.5. The van der Waals surface area contributed by atoms with Gasteiger partial charge in [0.05, 0.1) is 37.2 Å². The Hall–Kier alpha value is -1.14. The van der Waals surface area contributed by atoms with Crippen molar-refractivity contribution in [3.63, 3.8) is 0 Å². The molecule has 114 valence electrons. The second kappa shape index (κ2) is 6.54. The molecule has 3 nitrogen and oxygen atoms in total. The minimum Gasteiger partial charge on any atom is -0.440 e. The number of thiophene rings is 1. The summed E-state index contributed by atoms with van der Waals surface area (Å²) < 4.78 is 18.1. The zero-order chi connectivity index (χ0) is 15.7. The van der Waals surface area contributed by atoms with Gasteiger partial charge in [0.15, 0.2) is 0 Å². The molecule has 0 bridgehead atoms. The Morgan fingerprint density at radius 3 is 2.77 bits per heavy atom. The maximum Gasteiger partial charge on any atom is 0.236 e. The second-order valence-corrected chi connectivity index (χ2v) is 7.78. The van der Waals surface area contributed by atoms with Crippen molar-refractivity contribution in [3.05, 3.63) is 57.2 Å². The molecule has 0 aliphatic rings. The molecule has 2 heterocycles. The SMILES string of the molecule is Cc1oc(-c2cccs2)nc1CS(=O)c1ccc(Cl)c(Cl)c1. The van der Waals surface area contributed by atoms with Gasteiger partial charge in [0.2, 0.25) is 5.89 Å². The molecule has 22 heavy (non-hydrogen) atoms. The molecule has 1 unspecified atom stereocenters. The van der Waals surface area contributed by atoms with Crippen molar-refractivity contribution in [1.82, 2.24) is 4.98 Å². The van der Waals surface area contributed by atoms with Gasteiger partial charge in [0.1, 0.15) is 5.76 Å². The highest BCUT2D eigenvalue weighted by atomic mass is 35.5. The van der Waals surface area contributed by atoms with Gasteiger partial charge in [-0.05, 0) is 36.6 Å². The molecule has 0 N–H and O–H groups in total. The van der Waals surface area contributed by atoms with E-state index in [2.05, 4.69) is 4.98 Å². The first-order valence-electron chi connectivity index (χ1n) is 6.38. The van der Waals surface area contributed by atoms with Crippen molar-refractivity contribution in [2.24, 2.45) is 0 Å². The van der Waals surface area contributed by atoms with E-state index in [4.69, 9.17) is 27.6 Å². The summed E-state index contributed by atoms with van der Waals surface area (Å²) in [6, 6.07) is 8.85. The van der Waals surface area contributed by atoms with Crippen LogP contribution in [0, 0.1) is 6.92 Å². The van der Waals surface area contributed by atoms with E-state index in [1.165, 1.54) is 0 Å². The number of nitrogens with zero attached hydrogens (tertiary/aromatic N) is 1. The van der Waals surface area contributed by atoms with Gasteiger partial charge in [0.25, 0.3) is 0 Å². The number of rotatable bonds is 4. The molecule has 7 heteroatoms. The van der Waals surface area contributed by atoms with Crippen LogP contribution in [0.25, 0.3) is 10.8 Å². The van der Waals surface area contributed by atoms with Crippen LogP contribution in [0.1, 0.15) is 11.5 Å². The van der Waals surface area contributed by atoms with Crippen LogP contribution in [-0.4, -0.2) is 9.19 Å². The molecular weight excluding hydrogens is 361 g/mol. The summed E-state index contributed by atoms with van der Waals surface area (Å²) in [7, 11) is -1.26. The standard InChI is InChI=1S/C15H11Cl2NO2S2/c1-9-13(18-15(20-9)14-3-2-6-21-14)8-22(19)10-4-5-11(16)12(17)7-10/h2-7H,8H2,1H3. The number of aromatic nitrogens is 1. The molecule has 0 radical (unpaired) electrons. The van der Waals surface area contributed by atoms with Crippen LogP contribution in [0.4, 0.5) is 0 Å². The Morgan fingerprint density at radius 1 is 1.27 bits per heavy atom. The third kappa shape index (κ3) is 3.27. The molecule has 0 fully saturated rings. The predicted molar refractivity (Wildman–Crippen MR) is 91.1 cm³/mol. The van der Waals surface area contributed by atoms with Crippen LogP contribution in [-0.2, 0) is 16.6 Å². The quantitative estimate of drug-likeness (QED) is 0.622. The fourth-order valence-corrected chi connectivity index (χ4v) is 4.06. The van der Waals surface area contributed by atoms with Gasteiger partial charge in [-0.15, -0.1) is 11.3 Å². The van der Waals surface area contributed by atoms with E-state index in [0.29, 0.717) is 32.3 Å². The fraction of sp³-hybridized carbons (Fsp3) is 0.133. The van der Waals surface area contributed by atoms with Crippen molar-refractivity contribution >= 4 is 45.3 Å². The fourth-order valence-electron chi connectivity index (χ4n) is 1.89. The summed E-state index contributed by atoms with van der Waals surface area (Å²) in [5.74, 6) is 1.52. The Labute approximate surface area is 144 Å². The smallest absolute Gasteiger partial charge is 0.236 e. The van der Waals surface area contributed by atoms with Crippen LogP contribution in [0.3, 0.4) is 0 Å². The summed E-state index contributed by atoms with van der Waals surface area (Å²) >= 11 is 13.4. The van der Waals surface area contributed by atoms with Gasteiger partial charge in [-0.3, -0.25) is 4.21 Å². The lowest BCUT2D eigenvalue weighted by molar-refractivity contribution is 0.541. The van der Waals surface area contributed by atoms with E-state index in [9.17, 15) is 4.21 Å². The molecule has 2 aromatic heterocycles. The normalized spacial score (nSPS) is 12.5. The van der Waals surface area contributed by atoms with Crippen LogP contribution < -0.4 is 0 Å². The second-order valence-electron chi connectivity index (χ2n) is 4.56. The molecule has 0 amide bonds. The van der Waals surface area contributed by atoms with Crippen molar-refractivity contribution in [2.75, 3.05) is 0 Å². The molecule has 0 saturated heterocycles. The largest absolute Gasteiger partial charge is 0.440 e. The predicted octanol–water partition coefficient (Wildman–Crippen LogP) is 5.33. The first kappa shape index (κ1) is 15.7. The van der Waals surface area contributed by atoms with Crippen molar-refractivity contribution in [1.29, 1.82) is 0 Å². The molecule has 3 aromatic rings. The number of hydrogen-bond acceptors (Lipinski definition) is 4. The van der Waals surface area contributed by atoms with E-state index in [0.717, 1.165) is 4.88 Å². The van der Waals surface area contributed by atoms with Gasteiger partial charge in [-0.25, -0.2) is 4.98 Å². The Balaban J connectivity index is 1.83. The van der Waals surface area contributed by atoms with Gasteiger partial charge in [-0.1, -0.05) is 29.3 Å². The number of benzene rings is 1. The van der Waals surface area contributed by atoms with E-state index in [1.807, 2.05) is 24.4 Å². The zero-order valence-corrected chi connectivity index (χ0v) is 14.7. The number of aryl methyl sites for hydroxylation is 1. The lowest BCUT2D eigenvalue weighted by Gasteiger charge is -2.02. The summed E-state index contributed by atoms with van der Waals surface area (Å²) in [4.78, 5) is 6.02. The van der Waals surface area contributed by atoms with E-state index in [-0.39, 0.29) is 5.75 Å². The van der Waals surface area contributed by atoms with E-state index in [1.54, 1.807) is 29.5 Å². The van der Waals surface area contributed by atoms with Crippen LogP contribution >= 0.6 is 34.5 Å².